The third kappa shape index (κ3) is 4.95. The van der Waals surface area contributed by atoms with Gasteiger partial charge in [-0.15, -0.1) is 11.3 Å². The van der Waals surface area contributed by atoms with Gasteiger partial charge in [0.25, 0.3) is 5.56 Å². The van der Waals surface area contributed by atoms with Crippen LogP contribution in [0.5, 0.6) is 11.5 Å². The number of rotatable bonds is 7. The maximum atomic E-state index is 14.1. The average molecular weight is 527 g/mol. The average Bonchev–Trinajstić information content (AvgIpc) is 3.39. The lowest BCUT2D eigenvalue weighted by atomic mass is 9.97. The van der Waals surface area contributed by atoms with Crippen molar-refractivity contribution in [1.29, 1.82) is 0 Å². The van der Waals surface area contributed by atoms with Crippen LogP contribution in [0.25, 0.3) is 32.5 Å². The number of likely N-dealkylation sites (tertiary alicyclic amines) is 1. The summed E-state index contributed by atoms with van der Waals surface area (Å²) in [5.74, 6) is 2.31. The van der Waals surface area contributed by atoms with Crippen LogP contribution in [0.3, 0.4) is 0 Å². The van der Waals surface area contributed by atoms with Gasteiger partial charge in [-0.1, -0.05) is 24.3 Å². The number of aliphatic hydroxyl groups excluding tert-OH is 1. The van der Waals surface area contributed by atoms with Crippen LogP contribution in [0.15, 0.2) is 71.0 Å². The lowest BCUT2D eigenvalue weighted by Gasteiger charge is -2.33. The van der Waals surface area contributed by atoms with E-state index in [1.165, 1.54) is 0 Å². The van der Waals surface area contributed by atoms with E-state index in [1.54, 1.807) is 17.4 Å². The summed E-state index contributed by atoms with van der Waals surface area (Å²) in [5, 5.41) is 9.98. The number of benzene rings is 3. The summed E-state index contributed by atoms with van der Waals surface area (Å²) in [4.78, 5) is 25.7. The van der Waals surface area contributed by atoms with Crippen LogP contribution in [-0.4, -0.2) is 50.8 Å². The fraction of sp³-hybridized carbons (Fsp3) is 0.300. The van der Waals surface area contributed by atoms with E-state index in [2.05, 4.69) is 22.9 Å². The molecule has 0 bridgehead atoms. The molecule has 1 unspecified atom stereocenters. The lowest BCUT2D eigenvalue weighted by Crippen LogP contribution is -2.40. The molecule has 6 rings (SSSR count). The Morgan fingerprint density at radius 3 is 2.74 bits per heavy atom. The summed E-state index contributed by atoms with van der Waals surface area (Å²) in [6.45, 7) is 5.30. The van der Waals surface area contributed by atoms with Crippen molar-refractivity contribution < 1.29 is 9.84 Å². The third-order valence-electron chi connectivity index (χ3n) is 7.31. The molecule has 1 saturated heterocycles. The Hall–Kier alpha value is -3.59. The highest BCUT2D eigenvalue weighted by Crippen LogP contribution is 2.30. The highest BCUT2D eigenvalue weighted by molar-refractivity contribution is 7.16. The van der Waals surface area contributed by atoms with Crippen molar-refractivity contribution in [2.75, 3.05) is 26.2 Å². The van der Waals surface area contributed by atoms with Crippen LogP contribution in [0, 0.1) is 12.8 Å². The molecule has 5 aromatic rings. The van der Waals surface area contributed by atoms with Crippen LogP contribution in [0.4, 0.5) is 0 Å². The first-order valence-corrected chi connectivity index (χ1v) is 13.9. The van der Waals surface area contributed by atoms with Gasteiger partial charge in [-0.2, -0.15) is 0 Å². The minimum atomic E-state index is -0.0594. The van der Waals surface area contributed by atoms with E-state index in [1.807, 2.05) is 58.6 Å². The van der Waals surface area contributed by atoms with Crippen LogP contribution in [0.2, 0.25) is 0 Å². The van der Waals surface area contributed by atoms with Gasteiger partial charge in [-0.05, 0) is 68.1 Å². The van der Waals surface area contributed by atoms with Gasteiger partial charge in [0.2, 0.25) is 0 Å². The number of β-amino-alcohol motifs (C(OH)–C–C–N with tert-alkyl or cyclic N) is 1. The maximum Gasteiger partial charge on any atom is 0.261 e. The van der Waals surface area contributed by atoms with Crippen molar-refractivity contribution in [2.24, 2.45) is 5.92 Å². The minimum absolute atomic E-state index is 0.0594. The molecule has 1 aliphatic heterocycles. The normalized spacial score (nSPS) is 16.3. The summed E-state index contributed by atoms with van der Waals surface area (Å²) in [6.07, 6.45) is 2.10. The molecule has 0 amide bonds. The molecule has 0 radical (unpaired) electrons. The largest absolute Gasteiger partial charge is 0.457 e. The Balaban J connectivity index is 1.41. The van der Waals surface area contributed by atoms with Gasteiger partial charge in [0.1, 0.15) is 17.3 Å². The van der Waals surface area contributed by atoms with E-state index < -0.39 is 0 Å². The molecular weight excluding hydrogens is 496 g/mol. The molecule has 2 aromatic heterocycles. The Bertz CT molecular complexity index is 1660. The van der Waals surface area contributed by atoms with Crippen LogP contribution >= 0.6 is 11.3 Å². The maximum absolute atomic E-state index is 14.1. The van der Waals surface area contributed by atoms with E-state index in [0.29, 0.717) is 47.2 Å². The standard InChI is InChI=1S/C30H30N4O3S/c1-20-5-2-3-7-24(20)29-32-26-10-8-22(37-23-9-11-27-28(16-23)38-19-31-27)15-25(26)30(36)34(29)18-21-6-4-12-33(17-21)13-14-35/h2-3,5,7-11,15-16,19,21,35H,4,6,12-14,17-18H2,1H3. The number of nitrogens with zero attached hydrogens (tertiary/aromatic N) is 4. The number of fused-ring (bicyclic) bond motifs is 2. The highest BCUT2D eigenvalue weighted by atomic mass is 32.1. The second kappa shape index (κ2) is 10.6. The van der Waals surface area contributed by atoms with Gasteiger partial charge in [0.05, 0.1) is 33.2 Å². The molecule has 1 fully saturated rings. The van der Waals surface area contributed by atoms with Gasteiger partial charge in [-0.25, -0.2) is 9.97 Å². The zero-order valence-electron chi connectivity index (χ0n) is 21.3. The fourth-order valence-electron chi connectivity index (χ4n) is 5.40. The van der Waals surface area contributed by atoms with E-state index in [-0.39, 0.29) is 12.2 Å². The van der Waals surface area contributed by atoms with Gasteiger partial charge in [0, 0.05) is 31.3 Å². The van der Waals surface area contributed by atoms with E-state index in [9.17, 15) is 9.90 Å². The van der Waals surface area contributed by atoms with Gasteiger partial charge in [0.15, 0.2) is 0 Å². The summed E-state index contributed by atoms with van der Waals surface area (Å²) in [6, 6.07) is 19.4. The SMILES string of the molecule is Cc1ccccc1-c1nc2ccc(Oc3ccc4ncsc4c3)cc2c(=O)n1CC1CCCN(CCO)C1. The van der Waals surface area contributed by atoms with Gasteiger partial charge < -0.3 is 14.7 Å². The number of aromatic nitrogens is 3. The predicted octanol–water partition coefficient (Wildman–Crippen LogP) is 5.48. The monoisotopic (exact) mass is 526 g/mol. The molecule has 8 heteroatoms. The number of aliphatic hydroxyl groups is 1. The Morgan fingerprint density at radius 1 is 1.08 bits per heavy atom. The lowest BCUT2D eigenvalue weighted by molar-refractivity contribution is 0.132. The Labute approximate surface area is 225 Å². The predicted molar refractivity (Wildman–Crippen MR) is 152 cm³/mol. The number of hydrogen-bond acceptors (Lipinski definition) is 7. The fourth-order valence-corrected chi connectivity index (χ4v) is 6.11. The summed E-state index contributed by atoms with van der Waals surface area (Å²) in [7, 11) is 0. The smallest absolute Gasteiger partial charge is 0.261 e. The van der Waals surface area contributed by atoms with Crippen molar-refractivity contribution in [1.82, 2.24) is 19.4 Å². The van der Waals surface area contributed by atoms with Crippen molar-refractivity contribution in [3.8, 4) is 22.9 Å². The van der Waals surface area contributed by atoms with E-state index in [4.69, 9.17) is 9.72 Å². The molecule has 1 N–H and O–H groups in total. The summed E-state index contributed by atoms with van der Waals surface area (Å²) in [5.41, 5.74) is 5.40. The van der Waals surface area contributed by atoms with Crippen molar-refractivity contribution in [3.05, 3.63) is 82.1 Å². The van der Waals surface area contributed by atoms with Gasteiger partial charge >= 0.3 is 0 Å². The zero-order valence-corrected chi connectivity index (χ0v) is 22.2. The molecule has 1 atom stereocenters. The zero-order chi connectivity index (χ0) is 26.1. The molecule has 0 spiro atoms. The summed E-state index contributed by atoms with van der Waals surface area (Å²) >= 11 is 1.57. The molecule has 3 heterocycles. The van der Waals surface area contributed by atoms with Crippen molar-refractivity contribution in [2.45, 2.75) is 26.3 Å². The molecule has 1 aliphatic rings. The molecule has 3 aromatic carbocycles. The second-order valence-corrected chi connectivity index (χ2v) is 10.8. The number of aryl methyl sites for hydroxylation is 1. The minimum Gasteiger partial charge on any atom is -0.457 e. The molecule has 194 valence electrons. The molecular formula is C30H30N4O3S. The molecule has 38 heavy (non-hydrogen) atoms. The van der Waals surface area contributed by atoms with Crippen LogP contribution in [0.1, 0.15) is 18.4 Å². The first-order chi connectivity index (χ1) is 18.6. The topological polar surface area (TPSA) is 80.5 Å². The van der Waals surface area contributed by atoms with E-state index in [0.717, 1.165) is 47.3 Å². The number of thiazole rings is 1. The van der Waals surface area contributed by atoms with Crippen molar-refractivity contribution >= 4 is 32.5 Å². The Kier molecular flexibility index (Phi) is 6.93. The Morgan fingerprint density at radius 2 is 1.89 bits per heavy atom. The molecule has 0 saturated carbocycles. The van der Waals surface area contributed by atoms with Crippen LogP contribution < -0.4 is 10.3 Å². The highest BCUT2D eigenvalue weighted by Gasteiger charge is 2.23. The quantitative estimate of drug-likeness (QED) is 0.303. The number of ether oxygens (including phenoxy) is 1. The first kappa shape index (κ1) is 24.7. The summed E-state index contributed by atoms with van der Waals surface area (Å²) < 4.78 is 9.06. The van der Waals surface area contributed by atoms with Crippen molar-refractivity contribution in [3.63, 3.8) is 0 Å². The van der Waals surface area contributed by atoms with Gasteiger partial charge in [-0.3, -0.25) is 9.36 Å². The number of hydrogen-bond donors (Lipinski definition) is 1. The number of piperidine rings is 1. The first-order valence-electron chi connectivity index (χ1n) is 13.0. The van der Waals surface area contributed by atoms with E-state index >= 15 is 0 Å². The third-order valence-corrected chi connectivity index (χ3v) is 8.10. The second-order valence-electron chi connectivity index (χ2n) is 9.96. The molecule has 0 aliphatic carbocycles. The van der Waals surface area contributed by atoms with Crippen LogP contribution in [-0.2, 0) is 6.54 Å². The molecule has 7 nitrogen and oxygen atoms in total.